The first-order chi connectivity index (χ1) is 8.40. The lowest BCUT2D eigenvalue weighted by Crippen LogP contribution is -2.35. The van der Waals surface area contributed by atoms with Crippen molar-refractivity contribution >= 4 is 45.8 Å². The SMILES string of the molecule is CC(C)CN(CCC(=O)O)C(=O)c1csc(I)c1. The molecule has 0 radical (unpaired) electrons. The highest BCUT2D eigenvalue weighted by Crippen LogP contribution is 2.18. The van der Waals surface area contributed by atoms with Gasteiger partial charge in [0, 0.05) is 18.5 Å². The van der Waals surface area contributed by atoms with Crippen LogP contribution in [0.5, 0.6) is 0 Å². The Morgan fingerprint density at radius 3 is 2.61 bits per heavy atom. The van der Waals surface area contributed by atoms with Gasteiger partial charge in [0.05, 0.1) is 14.9 Å². The Morgan fingerprint density at radius 2 is 2.17 bits per heavy atom. The number of carboxylic acids is 1. The van der Waals surface area contributed by atoms with E-state index in [1.54, 1.807) is 4.90 Å². The van der Waals surface area contributed by atoms with Gasteiger partial charge in [0.15, 0.2) is 0 Å². The van der Waals surface area contributed by atoms with E-state index in [0.29, 0.717) is 18.0 Å². The van der Waals surface area contributed by atoms with Crippen LogP contribution in [0.15, 0.2) is 11.4 Å². The molecular formula is C12H16INO3S. The Morgan fingerprint density at radius 1 is 1.50 bits per heavy atom. The van der Waals surface area contributed by atoms with E-state index < -0.39 is 5.97 Å². The fraction of sp³-hybridized carbons (Fsp3) is 0.500. The van der Waals surface area contributed by atoms with Crippen molar-refractivity contribution in [3.63, 3.8) is 0 Å². The van der Waals surface area contributed by atoms with Gasteiger partial charge in [0.25, 0.3) is 5.91 Å². The molecule has 0 aliphatic carbocycles. The zero-order valence-corrected chi connectivity index (χ0v) is 13.3. The zero-order valence-electron chi connectivity index (χ0n) is 10.4. The molecule has 0 aromatic carbocycles. The largest absolute Gasteiger partial charge is 0.481 e. The van der Waals surface area contributed by atoms with Gasteiger partial charge in [-0.1, -0.05) is 13.8 Å². The number of halogens is 1. The molecule has 0 atom stereocenters. The first-order valence-corrected chi connectivity index (χ1v) is 7.61. The van der Waals surface area contributed by atoms with Crippen LogP contribution in [0.1, 0.15) is 30.6 Å². The van der Waals surface area contributed by atoms with Crippen molar-refractivity contribution in [1.82, 2.24) is 4.90 Å². The summed E-state index contributed by atoms with van der Waals surface area (Å²) >= 11 is 3.68. The van der Waals surface area contributed by atoms with Gasteiger partial charge in [-0.05, 0) is 34.6 Å². The highest BCUT2D eigenvalue weighted by Gasteiger charge is 2.18. The normalized spacial score (nSPS) is 10.7. The van der Waals surface area contributed by atoms with E-state index in [4.69, 9.17) is 5.11 Å². The number of carboxylic acid groups (broad SMARTS) is 1. The summed E-state index contributed by atoms with van der Waals surface area (Å²) in [5.74, 6) is -0.638. The third kappa shape index (κ3) is 4.93. The van der Waals surface area contributed by atoms with E-state index in [9.17, 15) is 9.59 Å². The zero-order chi connectivity index (χ0) is 13.7. The Labute approximate surface area is 124 Å². The lowest BCUT2D eigenvalue weighted by molar-refractivity contribution is -0.137. The second kappa shape index (κ2) is 7.08. The van der Waals surface area contributed by atoms with E-state index >= 15 is 0 Å². The summed E-state index contributed by atoms with van der Waals surface area (Å²) < 4.78 is 1.05. The standard InChI is InChI=1S/C12H16INO3S/c1-8(2)6-14(4-3-11(15)16)12(17)9-5-10(13)18-7-9/h5,7-8H,3-4,6H2,1-2H3,(H,15,16). The van der Waals surface area contributed by atoms with Crippen LogP contribution in [-0.2, 0) is 4.79 Å². The molecule has 1 amide bonds. The molecular weight excluding hydrogens is 365 g/mol. The van der Waals surface area contributed by atoms with Crippen molar-refractivity contribution in [1.29, 1.82) is 0 Å². The van der Waals surface area contributed by atoms with Crippen molar-refractivity contribution in [3.8, 4) is 0 Å². The molecule has 1 rings (SSSR count). The highest BCUT2D eigenvalue weighted by molar-refractivity contribution is 14.1. The molecule has 0 aliphatic heterocycles. The van der Waals surface area contributed by atoms with Gasteiger partial charge in [0.1, 0.15) is 0 Å². The van der Waals surface area contributed by atoms with Gasteiger partial charge in [-0.2, -0.15) is 0 Å². The van der Waals surface area contributed by atoms with Crippen LogP contribution >= 0.6 is 33.9 Å². The smallest absolute Gasteiger partial charge is 0.305 e. The second-order valence-corrected chi connectivity index (χ2v) is 7.23. The van der Waals surface area contributed by atoms with Gasteiger partial charge in [-0.15, -0.1) is 11.3 Å². The third-order valence-corrected chi connectivity index (χ3v) is 4.07. The van der Waals surface area contributed by atoms with Crippen molar-refractivity contribution in [2.24, 2.45) is 5.92 Å². The molecule has 0 fully saturated rings. The highest BCUT2D eigenvalue weighted by atomic mass is 127. The summed E-state index contributed by atoms with van der Waals surface area (Å²) in [5, 5.41) is 10.5. The molecule has 6 heteroatoms. The van der Waals surface area contributed by atoms with Gasteiger partial charge in [0.2, 0.25) is 0 Å². The molecule has 100 valence electrons. The second-order valence-electron chi connectivity index (χ2n) is 4.43. The van der Waals surface area contributed by atoms with E-state index in [-0.39, 0.29) is 18.9 Å². The summed E-state index contributed by atoms with van der Waals surface area (Å²) in [4.78, 5) is 24.5. The summed E-state index contributed by atoms with van der Waals surface area (Å²) in [6.45, 7) is 4.87. The Bertz CT molecular complexity index is 431. The number of amides is 1. The number of hydrogen-bond donors (Lipinski definition) is 1. The van der Waals surface area contributed by atoms with Crippen LogP contribution in [-0.4, -0.2) is 35.0 Å². The average molecular weight is 381 g/mol. The molecule has 0 aliphatic rings. The molecule has 0 unspecified atom stereocenters. The van der Waals surface area contributed by atoms with Crippen LogP contribution in [0.25, 0.3) is 0 Å². The average Bonchev–Trinajstić information content (AvgIpc) is 2.69. The van der Waals surface area contributed by atoms with Crippen molar-refractivity contribution < 1.29 is 14.7 Å². The first kappa shape index (κ1) is 15.4. The monoisotopic (exact) mass is 381 g/mol. The quantitative estimate of drug-likeness (QED) is 0.771. The topological polar surface area (TPSA) is 57.6 Å². The molecule has 1 aromatic rings. The number of carbonyl (C=O) groups excluding carboxylic acids is 1. The molecule has 0 spiro atoms. The number of carbonyl (C=O) groups is 2. The fourth-order valence-electron chi connectivity index (χ4n) is 1.55. The summed E-state index contributed by atoms with van der Waals surface area (Å²) in [6, 6.07) is 1.83. The lowest BCUT2D eigenvalue weighted by atomic mass is 10.2. The van der Waals surface area contributed by atoms with Crippen LogP contribution in [0.4, 0.5) is 0 Å². The lowest BCUT2D eigenvalue weighted by Gasteiger charge is -2.23. The summed E-state index contributed by atoms with van der Waals surface area (Å²) in [5.41, 5.74) is 0.649. The van der Waals surface area contributed by atoms with Gasteiger partial charge < -0.3 is 10.0 Å². The van der Waals surface area contributed by atoms with Gasteiger partial charge in [-0.3, -0.25) is 9.59 Å². The minimum absolute atomic E-state index is 0.0142. The molecule has 18 heavy (non-hydrogen) atoms. The minimum Gasteiger partial charge on any atom is -0.481 e. The Hall–Kier alpha value is -0.630. The van der Waals surface area contributed by atoms with Gasteiger partial charge in [-0.25, -0.2) is 0 Å². The molecule has 4 nitrogen and oxygen atoms in total. The first-order valence-electron chi connectivity index (χ1n) is 5.65. The molecule has 0 saturated carbocycles. The van der Waals surface area contributed by atoms with E-state index in [2.05, 4.69) is 22.6 Å². The number of nitrogens with zero attached hydrogens (tertiary/aromatic N) is 1. The minimum atomic E-state index is -0.878. The van der Waals surface area contributed by atoms with Gasteiger partial charge >= 0.3 is 5.97 Å². The number of hydrogen-bond acceptors (Lipinski definition) is 3. The van der Waals surface area contributed by atoms with Crippen LogP contribution in [0.3, 0.4) is 0 Å². The summed E-state index contributed by atoms with van der Waals surface area (Å²) in [7, 11) is 0. The number of rotatable bonds is 6. The molecule has 1 N–H and O–H groups in total. The van der Waals surface area contributed by atoms with Crippen molar-refractivity contribution in [2.45, 2.75) is 20.3 Å². The molecule has 1 heterocycles. The van der Waals surface area contributed by atoms with E-state index in [0.717, 1.165) is 2.88 Å². The van der Waals surface area contributed by atoms with Crippen LogP contribution in [0.2, 0.25) is 0 Å². The Balaban J connectivity index is 2.75. The fourth-order valence-corrected chi connectivity index (χ4v) is 2.87. The summed E-state index contributed by atoms with van der Waals surface area (Å²) in [6.07, 6.45) is -0.0142. The van der Waals surface area contributed by atoms with E-state index in [1.807, 2.05) is 25.3 Å². The molecule has 1 aromatic heterocycles. The predicted molar refractivity (Wildman–Crippen MR) is 80.0 cm³/mol. The maximum Gasteiger partial charge on any atom is 0.305 e. The molecule has 0 saturated heterocycles. The number of thiophene rings is 1. The van der Waals surface area contributed by atoms with Crippen molar-refractivity contribution in [3.05, 3.63) is 19.9 Å². The predicted octanol–water partition coefficient (Wildman–Crippen LogP) is 2.93. The van der Waals surface area contributed by atoms with Crippen LogP contribution in [0, 0.1) is 8.80 Å². The third-order valence-electron chi connectivity index (χ3n) is 2.28. The van der Waals surface area contributed by atoms with Crippen molar-refractivity contribution in [2.75, 3.05) is 13.1 Å². The Kier molecular flexibility index (Phi) is 6.07. The molecule has 0 bridgehead atoms. The van der Waals surface area contributed by atoms with Crippen LogP contribution < -0.4 is 0 Å². The number of aliphatic carboxylic acids is 1. The maximum absolute atomic E-state index is 12.2. The maximum atomic E-state index is 12.2. The van der Waals surface area contributed by atoms with E-state index in [1.165, 1.54) is 11.3 Å².